The van der Waals surface area contributed by atoms with Crippen molar-refractivity contribution in [3.8, 4) is 0 Å². The lowest BCUT2D eigenvalue weighted by Gasteiger charge is -2.41. The zero-order valence-electron chi connectivity index (χ0n) is 11.4. The molecule has 2 saturated heterocycles. The molecule has 18 heavy (non-hydrogen) atoms. The Morgan fingerprint density at radius 3 is 2.94 bits per heavy atom. The summed E-state index contributed by atoms with van der Waals surface area (Å²) in [6.07, 6.45) is 7.25. The van der Waals surface area contributed by atoms with Gasteiger partial charge < -0.3 is 14.3 Å². The van der Waals surface area contributed by atoms with Crippen LogP contribution in [0.2, 0.25) is 0 Å². The molecule has 2 aliphatic heterocycles. The minimum absolute atomic E-state index is 0.0537. The van der Waals surface area contributed by atoms with Gasteiger partial charge in [0, 0.05) is 19.8 Å². The van der Waals surface area contributed by atoms with E-state index in [1.165, 1.54) is 0 Å². The van der Waals surface area contributed by atoms with Gasteiger partial charge in [0.05, 0.1) is 23.9 Å². The molecule has 2 aliphatic rings. The second-order valence-corrected chi connectivity index (χ2v) is 5.55. The van der Waals surface area contributed by atoms with Gasteiger partial charge in [-0.25, -0.2) is 6.57 Å². The second-order valence-electron chi connectivity index (χ2n) is 5.55. The summed E-state index contributed by atoms with van der Waals surface area (Å²) in [7, 11) is 0. The van der Waals surface area contributed by atoms with Crippen molar-refractivity contribution in [1.29, 1.82) is 0 Å². The summed E-state index contributed by atoms with van der Waals surface area (Å²) in [5, 5.41) is 0. The second kappa shape index (κ2) is 5.42. The molecular weight excluding hydrogens is 226 g/mol. The summed E-state index contributed by atoms with van der Waals surface area (Å²) in [5.74, 6) is 0. The molecular formula is C15H23NO2. The third kappa shape index (κ3) is 2.46. The van der Waals surface area contributed by atoms with E-state index in [0.29, 0.717) is 0 Å². The molecule has 3 nitrogen and oxygen atoms in total. The maximum Gasteiger partial charge on any atom is 0.223 e. The molecule has 0 unspecified atom stereocenters. The Bertz CT molecular complexity index is 349. The summed E-state index contributed by atoms with van der Waals surface area (Å²) in [6, 6.07) is 0.0537. The normalized spacial score (nSPS) is 40.8. The van der Waals surface area contributed by atoms with Crippen molar-refractivity contribution in [2.24, 2.45) is 0 Å². The quantitative estimate of drug-likeness (QED) is 0.563. The molecule has 0 spiro atoms. The average molecular weight is 249 g/mol. The van der Waals surface area contributed by atoms with Gasteiger partial charge in [0.1, 0.15) is 0 Å². The minimum Gasteiger partial charge on any atom is -0.369 e. The van der Waals surface area contributed by atoms with Gasteiger partial charge in [0.15, 0.2) is 0 Å². The minimum atomic E-state index is -0.135. The van der Waals surface area contributed by atoms with E-state index < -0.39 is 0 Å². The van der Waals surface area contributed by atoms with Crippen molar-refractivity contribution in [1.82, 2.24) is 0 Å². The molecule has 0 radical (unpaired) electrons. The smallest absolute Gasteiger partial charge is 0.223 e. The number of nitrogens with zero attached hydrogens (tertiary/aromatic N) is 1. The Morgan fingerprint density at radius 1 is 1.56 bits per heavy atom. The highest BCUT2D eigenvalue weighted by Gasteiger charge is 2.51. The summed E-state index contributed by atoms with van der Waals surface area (Å²) in [5.41, 5.74) is -0.135. The van der Waals surface area contributed by atoms with E-state index in [0.717, 1.165) is 32.1 Å². The largest absolute Gasteiger partial charge is 0.369 e. The van der Waals surface area contributed by atoms with Gasteiger partial charge in [-0.05, 0) is 19.3 Å². The van der Waals surface area contributed by atoms with Crippen LogP contribution in [0.4, 0.5) is 0 Å². The molecule has 0 aliphatic carbocycles. The monoisotopic (exact) mass is 249 g/mol. The van der Waals surface area contributed by atoms with Crippen molar-refractivity contribution in [3.63, 3.8) is 0 Å². The van der Waals surface area contributed by atoms with Crippen LogP contribution in [0.1, 0.15) is 46.0 Å². The third-order valence-corrected chi connectivity index (χ3v) is 4.31. The van der Waals surface area contributed by atoms with Gasteiger partial charge in [-0.15, -0.1) is 6.58 Å². The Morgan fingerprint density at radius 2 is 2.33 bits per heavy atom. The predicted octanol–water partition coefficient (Wildman–Crippen LogP) is 3.36. The summed E-state index contributed by atoms with van der Waals surface area (Å²) in [6.45, 7) is 15.0. The zero-order chi connectivity index (χ0) is 13.2. The van der Waals surface area contributed by atoms with Gasteiger partial charge in [0.25, 0.3) is 0 Å². The predicted molar refractivity (Wildman–Crippen MR) is 71.3 cm³/mol. The standard InChI is InChI=1S/C15H23NO2/c1-5-12-10-15(6-2)14(17-12)8-7-13(18-15)9-11(3)16-4/h5,11-14H,1,6-10H2,2-3H3/t11-,12+,13-,14+,15+/m1/s1. The van der Waals surface area contributed by atoms with Gasteiger partial charge >= 0.3 is 0 Å². The maximum absolute atomic E-state index is 7.06. The van der Waals surface area contributed by atoms with E-state index in [4.69, 9.17) is 16.0 Å². The molecule has 0 N–H and O–H groups in total. The molecule has 0 aromatic heterocycles. The number of hydrogen-bond acceptors (Lipinski definition) is 2. The van der Waals surface area contributed by atoms with Crippen LogP contribution in [0, 0.1) is 6.57 Å². The highest BCUT2D eigenvalue weighted by molar-refractivity contribution is 5.04. The first-order chi connectivity index (χ1) is 8.63. The fourth-order valence-corrected chi connectivity index (χ4v) is 3.23. The molecule has 0 saturated carbocycles. The molecule has 3 heteroatoms. The van der Waals surface area contributed by atoms with E-state index in [1.807, 2.05) is 13.0 Å². The van der Waals surface area contributed by atoms with Crippen molar-refractivity contribution in [2.45, 2.75) is 75.9 Å². The van der Waals surface area contributed by atoms with E-state index >= 15 is 0 Å². The average Bonchev–Trinajstić information content (AvgIpc) is 2.77. The fourth-order valence-electron chi connectivity index (χ4n) is 3.23. The fraction of sp³-hybridized carbons (Fsp3) is 0.800. The molecule has 0 aromatic rings. The molecule has 2 heterocycles. The number of rotatable bonds is 4. The number of ether oxygens (including phenoxy) is 2. The summed E-state index contributed by atoms with van der Waals surface area (Å²) >= 11 is 0. The zero-order valence-corrected chi connectivity index (χ0v) is 11.4. The number of hydrogen-bond donors (Lipinski definition) is 0. The highest BCUT2D eigenvalue weighted by atomic mass is 16.6. The number of fused-ring (bicyclic) bond motifs is 1. The lowest BCUT2D eigenvalue weighted by atomic mass is 9.83. The molecule has 0 bridgehead atoms. The van der Waals surface area contributed by atoms with Crippen molar-refractivity contribution < 1.29 is 9.47 Å². The Labute approximate surface area is 110 Å². The Hall–Kier alpha value is -0.850. The first-order valence-corrected chi connectivity index (χ1v) is 6.96. The highest BCUT2D eigenvalue weighted by Crippen LogP contribution is 2.44. The summed E-state index contributed by atoms with van der Waals surface area (Å²) < 4.78 is 12.3. The Balaban J connectivity index is 2.04. The van der Waals surface area contributed by atoms with Crippen molar-refractivity contribution in [3.05, 3.63) is 24.1 Å². The van der Waals surface area contributed by atoms with E-state index in [2.05, 4.69) is 18.3 Å². The lowest BCUT2D eigenvalue weighted by Crippen LogP contribution is -2.48. The van der Waals surface area contributed by atoms with Crippen LogP contribution in [-0.4, -0.2) is 30.0 Å². The van der Waals surface area contributed by atoms with Crippen LogP contribution in [0.5, 0.6) is 0 Å². The van der Waals surface area contributed by atoms with Crippen LogP contribution in [0.15, 0.2) is 12.7 Å². The van der Waals surface area contributed by atoms with Gasteiger partial charge in [-0.3, -0.25) is 0 Å². The van der Waals surface area contributed by atoms with Crippen LogP contribution in [0.25, 0.3) is 4.85 Å². The molecule has 2 rings (SSSR count). The van der Waals surface area contributed by atoms with E-state index in [1.54, 1.807) is 0 Å². The van der Waals surface area contributed by atoms with Crippen molar-refractivity contribution >= 4 is 0 Å². The van der Waals surface area contributed by atoms with Crippen LogP contribution in [-0.2, 0) is 9.47 Å². The molecule has 5 atom stereocenters. The topological polar surface area (TPSA) is 22.8 Å². The van der Waals surface area contributed by atoms with E-state index in [-0.39, 0.29) is 30.0 Å². The first kappa shape index (κ1) is 13.6. The maximum atomic E-state index is 7.06. The Kier molecular flexibility index (Phi) is 4.09. The molecule has 100 valence electrons. The third-order valence-electron chi connectivity index (χ3n) is 4.31. The van der Waals surface area contributed by atoms with Crippen LogP contribution >= 0.6 is 0 Å². The lowest BCUT2D eigenvalue weighted by molar-refractivity contribution is -0.167. The molecule has 0 aromatic carbocycles. The van der Waals surface area contributed by atoms with Crippen molar-refractivity contribution in [2.75, 3.05) is 0 Å². The van der Waals surface area contributed by atoms with Crippen LogP contribution in [0.3, 0.4) is 0 Å². The van der Waals surface area contributed by atoms with Crippen LogP contribution < -0.4 is 0 Å². The van der Waals surface area contributed by atoms with Gasteiger partial charge in [0.2, 0.25) is 6.04 Å². The SMILES string of the molecule is [C-]#[N+][C@H](C)C[C@H]1CC[C@@H]2O[C@@H](C=C)C[C@]2(CC)O1. The first-order valence-electron chi connectivity index (χ1n) is 6.96. The molecule has 0 amide bonds. The summed E-state index contributed by atoms with van der Waals surface area (Å²) in [4.78, 5) is 3.57. The van der Waals surface area contributed by atoms with Gasteiger partial charge in [-0.2, -0.15) is 0 Å². The van der Waals surface area contributed by atoms with Gasteiger partial charge in [-0.1, -0.05) is 13.0 Å². The van der Waals surface area contributed by atoms with E-state index in [9.17, 15) is 0 Å². The molecule has 2 fully saturated rings.